The number of benzene rings is 2. The van der Waals surface area contributed by atoms with Crippen LogP contribution in [0.2, 0.25) is 0 Å². The van der Waals surface area contributed by atoms with Gasteiger partial charge in [-0.15, -0.1) is 32.4 Å². The lowest BCUT2D eigenvalue weighted by molar-refractivity contribution is 0.392. The van der Waals surface area contributed by atoms with Crippen LogP contribution in [0.15, 0.2) is 48.5 Å². The zero-order valence-electron chi connectivity index (χ0n) is 17.5. The average Bonchev–Trinajstić information content (AvgIpc) is 2.62. The van der Waals surface area contributed by atoms with Crippen LogP contribution in [0.1, 0.15) is 65.5 Å². The second-order valence-electron chi connectivity index (χ2n) is 8.10. The molecule has 0 aliphatic heterocycles. The Kier molecular flexibility index (Phi) is 8.38. The smallest absolute Gasteiger partial charge is 0.353 e. The average molecular weight is 518 g/mol. The molecule has 0 spiro atoms. The molecule has 28 heavy (non-hydrogen) atoms. The fourth-order valence-electron chi connectivity index (χ4n) is 2.58. The van der Waals surface area contributed by atoms with Crippen molar-refractivity contribution in [3.63, 3.8) is 0 Å². The first kappa shape index (κ1) is 24.8. The van der Waals surface area contributed by atoms with Gasteiger partial charge in [-0.05, 0) is 59.1 Å². The summed E-state index contributed by atoms with van der Waals surface area (Å²) in [4.78, 5) is 0. The van der Waals surface area contributed by atoms with Gasteiger partial charge < -0.3 is 8.37 Å². The number of hydrogen-bond acceptors (Lipinski definition) is 4. The van der Waals surface area contributed by atoms with E-state index in [9.17, 15) is 8.42 Å². The van der Waals surface area contributed by atoms with Crippen molar-refractivity contribution in [2.24, 2.45) is 0 Å². The van der Waals surface area contributed by atoms with Gasteiger partial charge in [0.1, 0.15) is 11.5 Å². The van der Waals surface area contributed by atoms with Gasteiger partial charge in [-0.3, -0.25) is 0 Å². The van der Waals surface area contributed by atoms with Crippen molar-refractivity contribution < 1.29 is 16.8 Å². The zero-order chi connectivity index (χ0) is 20.3. The van der Waals surface area contributed by atoms with E-state index >= 15 is 0 Å². The highest BCUT2D eigenvalue weighted by Gasteiger charge is 2.21. The minimum atomic E-state index is -4.20. The van der Waals surface area contributed by atoms with Gasteiger partial charge in [-0.2, -0.15) is 0 Å². The molecular weight excluding hydrogens is 487 g/mol. The van der Waals surface area contributed by atoms with E-state index in [0.29, 0.717) is 0 Å². The van der Waals surface area contributed by atoms with E-state index in [2.05, 4.69) is 41.5 Å². The van der Waals surface area contributed by atoms with Gasteiger partial charge in [0.05, 0.1) is 0 Å². The molecule has 0 unspecified atom stereocenters. The SMILES string of the molecule is CCC(C)(C)c1ccc(OS(=O)(=O)Oc2ccc(C(C)(C)CC)cc2)cc1.I. The fraction of sp³-hybridized carbons (Fsp3) is 0.455. The lowest BCUT2D eigenvalue weighted by Gasteiger charge is -2.23. The van der Waals surface area contributed by atoms with Gasteiger partial charge in [-0.25, -0.2) is 0 Å². The molecule has 0 aromatic heterocycles. The Morgan fingerprint density at radius 3 is 1.21 bits per heavy atom. The van der Waals surface area contributed by atoms with Crippen molar-refractivity contribution >= 4 is 34.4 Å². The Balaban J connectivity index is 0.00000392. The fourth-order valence-corrected chi connectivity index (χ4v) is 3.31. The summed E-state index contributed by atoms with van der Waals surface area (Å²) in [7, 11) is -4.20. The zero-order valence-corrected chi connectivity index (χ0v) is 20.6. The molecule has 0 saturated carbocycles. The Hall–Kier alpha value is -1.28. The van der Waals surface area contributed by atoms with Crippen LogP contribution in [0.4, 0.5) is 0 Å². The maximum atomic E-state index is 12.2. The highest BCUT2D eigenvalue weighted by molar-refractivity contribution is 14.0. The van der Waals surface area contributed by atoms with E-state index in [0.717, 1.165) is 24.0 Å². The van der Waals surface area contributed by atoms with E-state index in [1.54, 1.807) is 24.3 Å². The molecule has 2 rings (SSSR count). The molecule has 156 valence electrons. The van der Waals surface area contributed by atoms with Crippen molar-refractivity contribution in [1.29, 1.82) is 0 Å². The van der Waals surface area contributed by atoms with Crippen LogP contribution in [0.25, 0.3) is 0 Å². The second kappa shape index (κ2) is 9.48. The summed E-state index contributed by atoms with van der Waals surface area (Å²) in [5, 5.41) is 0. The standard InChI is InChI=1S/C22H30O4S.HI/c1-7-21(3,4)17-9-13-19(14-10-17)25-27(23,24)26-20-15-11-18(12-16-20)22(5,6)8-2;/h9-16H,7-8H2,1-6H3;1H. The third kappa shape index (κ3) is 6.37. The largest absolute Gasteiger partial charge is 0.500 e. The van der Waals surface area contributed by atoms with Crippen LogP contribution >= 0.6 is 24.0 Å². The molecule has 0 N–H and O–H groups in total. The van der Waals surface area contributed by atoms with Gasteiger partial charge in [0.15, 0.2) is 0 Å². The van der Waals surface area contributed by atoms with Crippen LogP contribution < -0.4 is 8.37 Å². The first-order chi connectivity index (χ1) is 12.5. The van der Waals surface area contributed by atoms with E-state index < -0.39 is 10.4 Å². The van der Waals surface area contributed by atoms with Crippen molar-refractivity contribution in [1.82, 2.24) is 0 Å². The highest BCUT2D eigenvalue weighted by atomic mass is 127. The minimum absolute atomic E-state index is 0. The monoisotopic (exact) mass is 518 g/mol. The quantitative estimate of drug-likeness (QED) is 0.381. The number of halogens is 1. The molecule has 0 saturated heterocycles. The summed E-state index contributed by atoms with van der Waals surface area (Å²) >= 11 is 0. The molecule has 0 radical (unpaired) electrons. The number of hydrogen-bond donors (Lipinski definition) is 0. The molecule has 6 heteroatoms. The second-order valence-corrected chi connectivity index (χ2v) is 9.25. The van der Waals surface area contributed by atoms with Gasteiger partial charge in [0.2, 0.25) is 0 Å². The summed E-state index contributed by atoms with van der Waals surface area (Å²) in [5.74, 6) is 0.462. The number of rotatable bonds is 8. The highest BCUT2D eigenvalue weighted by Crippen LogP contribution is 2.30. The summed E-state index contributed by atoms with van der Waals surface area (Å²) in [6, 6.07) is 14.2. The molecule has 0 aliphatic rings. The lowest BCUT2D eigenvalue weighted by Crippen LogP contribution is -2.18. The molecule has 0 bridgehead atoms. The van der Waals surface area contributed by atoms with Crippen molar-refractivity contribution in [2.45, 2.75) is 65.2 Å². The van der Waals surface area contributed by atoms with Gasteiger partial charge in [0.25, 0.3) is 0 Å². The van der Waals surface area contributed by atoms with Gasteiger partial charge >= 0.3 is 10.4 Å². The minimum Gasteiger partial charge on any atom is -0.353 e. The third-order valence-electron chi connectivity index (χ3n) is 5.44. The Morgan fingerprint density at radius 2 is 0.964 bits per heavy atom. The summed E-state index contributed by atoms with van der Waals surface area (Å²) in [6.45, 7) is 12.8. The molecule has 0 heterocycles. The van der Waals surface area contributed by atoms with Gasteiger partial charge in [0, 0.05) is 0 Å². The molecule has 2 aromatic carbocycles. The summed E-state index contributed by atoms with van der Waals surface area (Å²) < 4.78 is 34.6. The molecular formula is C22H31IO4S. The molecule has 0 atom stereocenters. The first-order valence-corrected chi connectivity index (χ1v) is 10.7. The topological polar surface area (TPSA) is 52.6 Å². The van der Waals surface area contributed by atoms with E-state index in [4.69, 9.17) is 8.37 Å². The summed E-state index contributed by atoms with van der Waals surface area (Å²) in [6.07, 6.45) is 1.97. The predicted octanol–water partition coefficient (Wildman–Crippen LogP) is 6.38. The van der Waals surface area contributed by atoms with Crippen molar-refractivity contribution in [3.8, 4) is 11.5 Å². The predicted molar refractivity (Wildman–Crippen MR) is 125 cm³/mol. The molecule has 4 nitrogen and oxygen atoms in total. The van der Waals surface area contributed by atoms with E-state index in [-0.39, 0.29) is 46.3 Å². The molecule has 0 amide bonds. The van der Waals surface area contributed by atoms with Crippen molar-refractivity contribution in [2.75, 3.05) is 0 Å². The van der Waals surface area contributed by atoms with Crippen LogP contribution in [0.3, 0.4) is 0 Å². The van der Waals surface area contributed by atoms with Gasteiger partial charge in [-0.1, -0.05) is 65.8 Å². The van der Waals surface area contributed by atoms with Crippen LogP contribution in [0, 0.1) is 0 Å². The normalized spacial score (nSPS) is 12.2. The first-order valence-electron chi connectivity index (χ1n) is 9.34. The molecule has 2 aromatic rings. The summed E-state index contributed by atoms with van der Waals surface area (Å²) in [5.41, 5.74) is 2.32. The third-order valence-corrected chi connectivity index (χ3v) is 6.23. The Labute approximate surface area is 187 Å². The molecule has 0 aliphatic carbocycles. The van der Waals surface area contributed by atoms with Crippen LogP contribution in [-0.2, 0) is 21.2 Å². The van der Waals surface area contributed by atoms with E-state index in [1.165, 1.54) is 0 Å². The van der Waals surface area contributed by atoms with E-state index in [1.807, 2.05) is 24.3 Å². The maximum absolute atomic E-state index is 12.2. The van der Waals surface area contributed by atoms with Crippen molar-refractivity contribution in [3.05, 3.63) is 59.7 Å². The Morgan fingerprint density at radius 1 is 0.679 bits per heavy atom. The lowest BCUT2D eigenvalue weighted by atomic mass is 9.82. The maximum Gasteiger partial charge on any atom is 0.500 e. The Bertz CT molecular complexity index is 787. The van der Waals surface area contributed by atoms with Crippen LogP contribution in [-0.4, -0.2) is 8.42 Å². The molecule has 0 fully saturated rings. The van der Waals surface area contributed by atoms with Crippen LogP contribution in [0.5, 0.6) is 11.5 Å².